The maximum atomic E-state index is 12.2. The van der Waals surface area contributed by atoms with Crippen molar-refractivity contribution in [2.45, 2.75) is 32.2 Å². The third-order valence-electron chi connectivity index (χ3n) is 4.25. The van der Waals surface area contributed by atoms with Crippen molar-refractivity contribution in [3.05, 3.63) is 23.9 Å². The Morgan fingerprint density at radius 3 is 2.58 bits per heavy atom. The molecule has 12 heteroatoms. The topological polar surface area (TPSA) is 91.2 Å². The summed E-state index contributed by atoms with van der Waals surface area (Å²) in [5, 5.41) is 16.9. The molecule has 2 heterocycles. The van der Waals surface area contributed by atoms with Crippen molar-refractivity contribution in [3.63, 3.8) is 0 Å². The predicted octanol–water partition coefficient (Wildman–Crippen LogP) is 1.78. The molecule has 1 aromatic rings. The first kappa shape index (κ1) is 27.7. The number of ether oxygens (including phenoxy) is 2. The van der Waals surface area contributed by atoms with E-state index in [0.717, 1.165) is 13.1 Å². The Morgan fingerprint density at radius 2 is 2.00 bits per heavy atom. The second-order valence-electron chi connectivity index (χ2n) is 7.34. The van der Waals surface area contributed by atoms with E-state index in [0.29, 0.717) is 44.4 Å². The van der Waals surface area contributed by atoms with E-state index in [1.807, 2.05) is 6.92 Å². The van der Waals surface area contributed by atoms with Gasteiger partial charge in [-0.25, -0.2) is 9.98 Å². The van der Waals surface area contributed by atoms with Crippen LogP contribution in [0.3, 0.4) is 0 Å². The maximum Gasteiger partial charge on any atom is 0.422 e. The second-order valence-corrected chi connectivity index (χ2v) is 7.34. The molecule has 1 aliphatic rings. The molecule has 1 unspecified atom stereocenters. The first-order chi connectivity index (χ1) is 14.2. The van der Waals surface area contributed by atoms with Gasteiger partial charge in [-0.15, -0.1) is 24.0 Å². The number of aromatic nitrogens is 1. The molecule has 2 rings (SSSR count). The van der Waals surface area contributed by atoms with Crippen LogP contribution in [0.1, 0.15) is 19.4 Å². The summed E-state index contributed by atoms with van der Waals surface area (Å²) in [6.45, 7) is 6.97. The van der Waals surface area contributed by atoms with Gasteiger partial charge < -0.3 is 25.2 Å². The lowest BCUT2D eigenvalue weighted by atomic mass is 10.1. The van der Waals surface area contributed by atoms with Gasteiger partial charge in [-0.2, -0.15) is 13.2 Å². The number of morpholine rings is 1. The van der Waals surface area contributed by atoms with Gasteiger partial charge in [0.05, 0.1) is 25.4 Å². The average Bonchev–Trinajstić information content (AvgIpc) is 2.69. The fourth-order valence-electron chi connectivity index (χ4n) is 2.83. The first-order valence-electron chi connectivity index (χ1n) is 9.86. The molecule has 0 aliphatic carbocycles. The Kier molecular flexibility index (Phi) is 11.8. The largest absolute Gasteiger partial charge is 0.468 e. The zero-order chi connectivity index (χ0) is 22.0. The molecule has 0 spiro atoms. The number of guanidine groups is 1. The van der Waals surface area contributed by atoms with Crippen molar-refractivity contribution in [3.8, 4) is 5.88 Å². The minimum Gasteiger partial charge on any atom is -0.468 e. The van der Waals surface area contributed by atoms with Crippen LogP contribution in [-0.4, -0.2) is 85.3 Å². The number of nitrogens with zero attached hydrogens (tertiary/aromatic N) is 3. The van der Waals surface area contributed by atoms with Crippen molar-refractivity contribution in [1.82, 2.24) is 20.5 Å². The molecule has 0 saturated carbocycles. The van der Waals surface area contributed by atoms with Crippen molar-refractivity contribution in [2.75, 3.05) is 52.5 Å². The molecule has 178 valence electrons. The molecular weight excluding hydrogens is 530 g/mol. The molecule has 3 N–H and O–H groups in total. The highest BCUT2D eigenvalue weighted by atomic mass is 127. The van der Waals surface area contributed by atoms with Gasteiger partial charge in [-0.1, -0.05) is 6.07 Å². The Labute approximate surface area is 197 Å². The molecule has 0 bridgehead atoms. The monoisotopic (exact) mass is 561 g/mol. The van der Waals surface area contributed by atoms with Gasteiger partial charge in [0.25, 0.3) is 0 Å². The van der Waals surface area contributed by atoms with Gasteiger partial charge in [0.15, 0.2) is 12.6 Å². The van der Waals surface area contributed by atoms with Gasteiger partial charge in [-0.3, -0.25) is 4.90 Å². The molecule has 0 aromatic carbocycles. The number of nitrogens with one attached hydrogen (secondary N) is 2. The predicted molar refractivity (Wildman–Crippen MR) is 122 cm³/mol. The van der Waals surface area contributed by atoms with E-state index in [2.05, 4.69) is 30.2 Å². The molecule has 0 radical (unpaired) electrons. The molecule has 1 atom stereocenters. The number of halogens is 4. The normalized spacial score (nSPS) is 17.4. The lowest BCUT2D eigenvalue weighted by molar-refractivity contribution is -0.154. The summed E-state index contributed by atoms with van der Waals surface area (Å²) in [7, 11) is 0. The third kappa shape index (κ3) is 11.7. The van der Waals surface area contributed by atoms with E-state index >= 15 is 0 Å². The highest BCUT2D eigenvalue weighted by molar-refractivity contribution is 14.0. The SMILES string of the molecule is CCNC(=NCc1ccc(OCC(F)(F)F)nc1)NCC(C)(O)CN1CCOCC1.I. The summed E-state index contributed by atoms with van der Waals surface area (Å²) in [5.41, 5.74) is -0.237. The van der Waals surface area contributed by atoms with E-state index in [9.17, 15) is 18.3 Å². The number of hydrogen-bond donors (Lipinski definition) is 3. The van der Waals surface area contributed by atoms with Crippen LogP contribution in [0.25, 0.3) is 0 Å². The van der Waals surface area contributed by atoms with Crippen LogP contribution in [0.2, 0.25) is 0 Å². The quantitative estimate of drug-likeness (QED) is 0.241. The van der Waals surface area contributed by atoms with E-state index in [4.69, 9.17) is 4.74 Å². The Hall–Kier alpha value is -1.38. The van der Waals surface area contributed by atoms with Gasteiger partial charge in [-0.05, 0) is 19.4 Å². The number of hydrogen-bond acceptors (Lipinski definition) is 6. The minimum atomic E-state index is -4.40. The van der Waals surface area contributed by atoms with Gasteiger partial charge in [0.2, 0.25) is 5.88 Å². The third-order valence-corrected chi connectivity index (χ3v) is 4.25. The molecule has 31 heavy (non-hydrogen) atoms. The Morgan fingerprint density at radius 1 is 1.29 bits per heavy atom. The molecule has 0 amide bonds. The Bertz CT molecular complexity index is 669. The van der Waals surface area contributed by atoms with Gasteiger partial charge in [0.1, 0.15) is 0 Å². The molecule has 1 fully saturated rings. The van der Waals surface area contributed by atoms with Crippen LogP contribution >= 0.6 is 24.0 Å². The molecule has 1 saturated heterocycles. The van der Waals surface area contributed by atoms with Crippen LogP contribution in [0.5, 0.6) is 5.88 Å². The summed E-state index contributed by atoms with van der Waals surface area (Å²) in [6, 6.07) is 2.99. The summed E-state index contributed by atoms with van der Waals surface area (Å²) >= 11 is 0. The minimum absolute atomic E-state index is 0. The standard InChI is InChI=1S/C19H30F3N5O3.HI/c1-3-23-17(26-12-18(2,28)13-27-6-8-29-9-7-27)25-11-15-4-5-16(24-10-15)30-14-19(20,21)22;/h4-5,10,28H,3,6-9,11-14H2,1-2H3,(H2,23,25,26);1H. The van der Waals surface area contributed by atoms with Crippen LogP contribution in [0.15, 0.2) is 23.3 Å². The first-order valence-corrected chi connectivity index (χ1v) is 9.86. The summed E-state index contributed by atoms with van der Waals surface area (Å²) in [5.74, 6) is 0.432. The summed E-state index contributed by atoms with van der Waals surface area (Å²) in [4.78, 5) is 10.5. The zero-order valence-electron chi connectivity index (χ0n) is 17.7. The molecular formula is C19H31F3IN5O3. The van der Waals surface area contributed by atoms with Crippen molar-refractivity contribution in [2.24, 2.45) is 4.99 Å². The van der Waals surface area contributed by atoms with Gasteiger partial charge >= 0.3 is 6.18 Å². The Balaban J connectivity index is 0.00000480. The van der Waals surface area contributed by atoms with Crippen LogP contribution in [0, 0.1) is 0 Å². The number of aliphatic imine (C=N–C) groups is 1. The van der Waals surface area contributed by atoms with Crippen LogP contribution in [0.4, 0.5) is 13.2 Å². The van der Waals surface area contributed by atoms with E-state index < -0.39 is 18.4 Å². The number of alkyl halides is 3. The smallest absolute Gasteiger partial charge is 0.422 e. The summed E-state index contributed by atoms with van der Waals surface area (Å²) < 4.78 is 46.5. The average molecular weight is 561 g/mol. The van der Waals surface area contributed by atoms with Crippen LogP contribution < -0.4 is 15.4 Å². The second kappa shape index (κ2) is 13.2. The lowest BCUT2D eigenvalue weighted by Gasteiger charge is -2.34. The van der Waals surface area contributed by atoms with Crippen molar-refractivity contribution >= 4 is 29.9 Å². The zero-order valence-corrected chi connectivity index (χ0v) is 20.1. The number of rotatable bonds is 9. The highest BCUT2D eigenvalue weighted by Crippen LogP contribution is 2.17. The van der Waals surface area contributed by atoms with Crippen molar-refractivity contribution in [1.29, 1.82) is 0 Å². The fraction of sp³-hybridized carbons (Fsp3) is 0.684. The maximum absolute atomic E-state index is 12.2. The highest BCUT2D eigenvalue weighted by Gasteiger charge is 2.28. The fourth-order valence-corrected chi connectivity index (χ4v) is 2.83. The van der Waals surface area contributed by atoms with E-state index in [1.54, 1.807) is 13.0 Å². The van der Waals surface area contributed by atoms with E-state index in [-0.39, 0.29) is 36.4 Å². The van der Waals surface area contributed by atoms with Crippen molar-refractivity contribution < 1.29 is 27.8 Å². The molecule has 1 aliphatic heterocycles. The van der Waals surface area contributed by atoms with Gasteiger partial charge in [0, 0.05) is 45.0 Å². The van der Waals surface area contributed by atoms with Crippen LogP contribution in [-0.2, 0) is 11.3 Å². The summed E-state index contributed by atoms with van der Waals surface area (Å²) in [6.07, 6.45) is -2.98. The molecule has 1 aromatic heterocycles. The number of pyridine rings is 1. The lowest BCUT2D eigenvalue weighted by Crippen LogP contribution is -2.52. The van der Waals surface area contributed by atoms with E-state index in [1.165, 1.54) is 12.3 Å². The molecule has 8 nitrogen and oxygen atoms in total. The number of β-amino-alcohol motifs (C(OH)–C–C–N with tert-alkyl or cyclic N) is 1. The number of aliphatic hydroxyl groups is 1.